The molecule has 0 aromatic rings. The van der Waals surface area contributed by atoms with Crippen molar-refractivity contribution in [2.75, 3.05) is 40.4 Å². The van der Waals surface area contributed by atoms with Gasteiger partial charge in [-0.2, -0.15) is 0 Å². The van der Waals surface area contributed by atoms with Crippen molar-refractivity contribution in [1.82, 2.24) is 10.2 Å². The molecule has 0 saturated heterocycles. The third-order valence-electron chi connectivity index (χ3n) is 3.57. The highest BCUT2D eigenvalue weighted by molar-refractivity contribution is 4.83. The van der Waals surface area contributed by atoms with Gasteiger partial charge in [0.25, 0.3) is 0 Å². The maximum Gasteiger partial charge on any atom is 0.0593 e. The minimum atomic E-state index is 0.529. The highest BCUT2D eigenvalue weighted by atomic mass is 16.5. The second-order valence-corrected chi connectivity index (χ2v) is 6.33. The molecule has 1 aliphatic rings. The minimum Gasteiger partial charge on any atom is -0.379 e. The van der Waals surface area contributed by atoms with Crippen molar-refractivity contribution in [2.45, 2.75) is 45.6 Å². The maximum atomic E-state index is 5.58. The number of rotatable bonds is 7. The second kappa shape index (κ2) is 7.34. The van der Waals surface area contributed by atoms with Crippen LogP contribution in [0.4, 0.5) is 0 Å². The van der Waals surface area contributed by atoms with E-state index in [-0.39, 0.29) is 0 Å². The Morgan fingerprint density at radius 2 is 2.06 bits per heavy atom. The quantitative estimate of drug-likeness (QED) is 0.692. The van der Waals surface area contributed by atoms with Gasteiger partial charge < -0.3 is 15.0 Å². The molecule has 1 aliphatic carbocycles. The molecule has 0 aromatic heterocycles. The maximum absolute atomic E-state index is 5.58. The molecule has 3 heteroatoms. The van der Waals surface area contributed by atoms with Gasteiger partial charge in [0, 0.05) is 19.1 Å². The van der Waals surface area contributed by atoms with Crippen molar-refractivity contribution in [3.8, 4) is 0 Å². The van der Waals surface area contributed by atoms with Gasteiger partial charge in [0.1, 0.15) is 0 Å². The van der Waals surface area contributed by atoms with Crippen LogP contribution < -0.4 is 5.32 Å². The van der Waals surface area contributed by atoms with E-state index in [2.05, 4.69) is 38.2 Å². The lowest BCUT2D eigenvalue weighted by Crippen LogP contribution is -2.38. The van der Waals surface area contributed by atoms with E-state index in [0.29, 0.717) is 11.5 Å². The van der Waals surface area contributed by atoms with Gasteiger partial charge >= 0.3 is 0 Å². The van der Waals surface area contributed by atoms with E-state index in [1.54, 1.807) is 0 Å². The zero-order chi connectivity index (χ0) is 12.7. The van der Waals surface area contributed by atoms with Gasteiger partial charge in [0.2, 0.25) is 0 Å². The molecule has 1 rings (SSSR count). The van der Waals surface area contributed by atoms with Crippen LogP contribution in [0.25, 0.3) is 0 Å². The average molecular weight is 242 g/mol. The van der Waals surface area contributed by atoms with E-state index < -0.39 is 0 Å². The Morgan fingerprint density at radius 1 is 1.29 bits per heavy atom. The smallest absolute Gasteiger partial charge is 0.0593 e. The molecule has 17 heavy (non-hydrogen) atoms. The van der Waals surface area contributed by atoms with Crippen molar-refractivity contribution in [3.63, 3.8) is 0 Å². The molecule has 0 aromatic carbocycles. The SMILES string of the molecule is CN(C)CCOCCNC1CCCC(C)(C)C1. The second-order valence-electron chi connectivity index (χ2n) is 6.33. The molecule has 3 nitrogen and oxygen atoms in total. The fourth-order valence-electron chi connectivity index (χ4n) is 2.56. The lowest BCUT2D eigenvalue weighted by Gasteiger charge is -2.35. The summed E-state index contributed by atoms with van der Waals surface area (Å²) in [5.41, 5.74) is 0.529. The Balaban J connectivity index is 1.99. The Morgan fingerprint density at radius 3 is 2.71 bits per heavy atom. The molecule has 0 bridgehead atoms. The van der Waals surface area contributed by atoms with Gasteiger partial charge in [-0.05, 0) is 38.8 Å². The lowest BCUT2D eigenvalue weighted by molar-refractivity contribution is 0.112. The van der Waals surface area contributed by atoms with Gasteiger partial charge in [0.15, 0.2) is 0 Å². The van der Waals surface area contributed by atoms with Crippen LogP contribution in [0, 0.1) is 5.41 Å². The van der Waals surface area contributed by atoms with Crippen LogP contribution in [0.2, 0.25) is 0 Å². The standard InChI is InChI=1S/C14H30N2O/c1-14(2)7-5-6-13(12-14)15-8-10-17-11-9-16(3)4/h13,15H,5-12H2,1-4H3. The molecule has 0 heterocycles. The van der Waals surface area contributed by atoms with Crippen LogP contribution in [0.15, 0.2) is 0 Å². The summed E-state index contributed by atoms with van der Waals surface area (Å²) in [6, 6.07) is 0.705. The van der Waals surface area contributed by atoms with E-state index in [1.165, 1.54) is 25.7 Å². The number of nitrogens with one attached hydrogen (secondary N) is 1. The van der Waals surface area contributed by atoms with Gasteiger partial charge in [-0.15, -0.1) is 0 Å². The fourth-order valence-corrected chi connectivity index (χ4v) is 2.56. The molecule has 1 unspecified atom stereocenters. The van der Waals surface area contributed by atoms with Crippen molar-refractivity contribution in [2.24, 2.45) is 5.41 Å². The number of hydrogen-bond acceptors (Lipinski definition) is 3. The fraction of sp³-hybridized carbons (Fsp3) is 1.00. The number of nitrogens with zero attached hydrogens (tertiary/aromatic N) is 1. The third-order valence-corrected chi connectivity index (χ3v) is 3.57. The topological polar surface area (TPSA) is 24.5 Å². The first-order chi connectivity index (χ1) is 7.99. The highest BCUT2D eigenvalue weighted by Gasteiger charge is 2.27. The molecule has 0 spiro atoms. The largest absolute Gasteiger partial charge is 0.379 e. The third kappa shape index (κ3) is 7.02. The van der Waals surface area contributed by atoms with Crippen LogP contribution in [0.5, 0.6) is 0 Å². The Labute approximate surface area is 107 Å². The first-order valence-electron chi connectivity index (χ1n) is 6.95. The van der Waals surface area contributed by atoms with Crippen molar-refractivity contribution >= 4 is 0 Å². The normalized spacial score (nSPS) is 24.2. The molecule has 0 amide bonds. The van der Waals surface area contributed by atoms with Crippen LogP contribution in [0.1, 0.15) is 39.5 Å². The van der Waals surface area contributed by atoms with Crippen LogP contribution >= 0.6 is 0 Å². The average Bonchev–Trinajstić information content (AvgIpc) is 2.21. The van der Waals surface area contributed by atoms with E-state index in [4.69, 9.17) is 4.74 Å². The Bertz CT molecular complexity index is 204. The van der Waals surface area contributed by atoms with E-state index in [9.17, 15) is 0 Å². The molecule has 1 atom stereocenters. The van der Waals surface area contributed by atoms with E-state index >= 15 is 0 Å². The Kier molecular flexibility index (Phi) is 6.45. The number of likely N-dealkylation sites (N-methyl/N-ethyl adjacent to an activating group) is 1. The first-order valence-corrected chi connectivity index (χ1v) is 6.95. The van der Waals surface area contributed by atoms with Crippen LogP contribution in [-0.4, -0.2) is 51.3 Å². The van der Waals surface area contributed by atoms with Crippen molar-refractivity contribution < 1.29 is 4.74 Å². The summed E-state index contributed by atoms with van der Waals surface area (Å²) < 4.78 is 5.58. The predicted octanol–water partition coefficient (Wildman–Crippen LogP) is 2.12. The Hall–Kier alpha value is -0.120. The number of ether oxygens (including phenoxy) is 1. The zero-order valence-electron chi connectivity index (χ0n) is 12.1. The first kappa shape index (κ1) is 14.9. The van der Waals surface area contributed by atoms with Gasteiger partial charge in [-0.25, -0.2) is 0 Å². The highest BCUT2D eigenvalue weighted by Crippen LogP contribution is 2.34. The zero-order valence-corrected chi connectivity index (χ0v) is 12.1. The molecule has 0 radical (unpaired) electrons. The summed E-state index contributed by atoms with van der Waals surface area (Å²) in [6.45, 7) is 8.45. The van der Waals surface area contributed by atoms with Crippen molar-refractivity contribution in [3.05, 3.63) is 0 Å². The molecular formula is C14H30N2O. The minimum absolute atomic E-state index is 0.529. The molecular weight excluding hydrogens is 212 g/mol. The van der Waals surface area contributed by atoms with Crippen LogP contribution in [-0.2, 0) is 4.74 Å². The summed E-state index contributed by atoms with van der Waals surface area (Å²) in [5, 5.41) is 3.63. The summed E-state index contributed by atoms with van der Waals surface area (Å²) in [7, 11) is 4.15. The molecule has 1 fully saturated rings. The van der Waals surface area contributed by atoms with Gasteiger partial charge in [0.05, 0.1) is 13.2 Å². The summed E-state index contributed by atoms with van der Waals surface area (Å²) in [5.74, 6) is 0. The number of hydrogen-bond donors (Lipinski definition) is 1. The van der Waals surface area contributed by atoms with E-state index in [1.807, 2.05) is 0 Å². The van der Waals surface area contributed by atoms with Crippen LogP contribution in [0.3, 0.4) is 0 Å². The van der Waals surface area contributed by atoms with Gasteiger partial charge in [-0.3, -0.25) is 0 Å². The summed E-state index contributed by atoms with van der Waals surface area (Å²) in [4.78, 5) is 2.15. The van der Waals surface area contributed by atoms with Gasteiger partial charge in [-0.1, -0.05) is 20.3 Å². The van der Waals surface area contributed by atoms with Crippen molar-refractivity contribution in [1.29, 1.82) is 0 Å². The summed E-state index contributed by atoms with van der Waals surface area (Å²) >= 11 is 0. The predicted molar refractivity (Wildman–Crippen MR) is 73.4 cm³/mol. The molecule has 0 aliphatic heterocycles. The summed E-state index contributed by atoms with van der Waals surface area (Å²) in [6.07, 6.45) is 5.39. The molecule has 1 saturated carbocycles. The molecule has 102 valence electrons. The molecule has 1 N–H and O–H groups in total. The lowest BCUT2D eigenvalue weighted by atomic mass is 9.75. The van der Waals surface area contributed by atoms with E-state index in [0.717, 1.165) is 26.3 Å². The monoisotopic (exact) mass is 242 g/mol.